The quantitative estimate of drug-likeness (QED) is 0.414. The average molecular weight is 167 g/mol. The number of rotatable bonds is 1. The van der Waals surface area contributed by atoms with Gasteiger partial charge in [0.2, 0.25) is 5.08 Å². The molecule has 0 spiro atoms. The van der Waals surface area contributed by atoms with E-state index in [0.717, 1.165) is 0 Å². The lowest BCUT2D eigenvalue weighted by Crippen LogP contribution is -2.09. The summed E-state index contributed by atoms with van der Waals surface area (Å²) in [5, 5.41) is -1.81. The molecular formula is C2HBBrFO2. The van der Waals surface area contributed by atoms with Crippen LogP contribution in [0.1, 0.15) is 0 Å². The van der Waals surface area contributed by atoms with Crippen LogP contribution >= 0.6 is 15.9 Å². The Bertz CT molecular complexity index is 76.1. The summed E-state index contributed by atoms with van der Waals surface area (Å²) in [5.74, 6) is -1.12. The van der Waals surface area contributed by atoms with Crippen LogP contribution in [-0.4, -0.2) is 19.1 Å². The van der Waals surface area contributed by atoms with Gasteiger partial charge in [-0.05, 0) is 15.9 Å². The minimum absolute atomic E-state index is 1.12. The molecule has 0 aromatic heterocycles. The Balaban J connectivity index is 3.35. The Hall–Kier alpha value is -0.0551. The Morgan fingerprint density at radius 1 is 2.00 bits per heavy atom. The van der Waals surface area contributed by atoms with E-state index in [2.05, 4.69) is 28.6 Å². The van der Waals surface area contributed by atoms with E-state index in [1.165, 1.54) is 0 Å². The van der Waals surface area contributed by atoms with Gasteiger partial charge in [0.1, 0.15) is 0 Å². The number of carbonyl (C=O) groups is 1. The minimum Gasteiger partial charge on any atom is -0.541 e. The maximum absolute atomic E-state index is 11.5. The van der Waals surface area contributed by atoms with Crippen molar-refractivity contribution in [2.75, 3.05) is 0 Å². The van der Waals surface area contributed by atoms with Crippen LogP contribution in [0.15, 0.2) is 0 Å². The largest absolute Gasteiger partial charge is 0.541 e. The summed E-state index contributed by atoms with van der Waals surface area (Å²) in [4.78, 5) is 9.74. The molecule has 0 aromatic rings. The average Bonchev–Trinajstić information content (AvgIpc) is 1.65. The zero-order valence-electron chi connectivity index (χ0n) is 3.23. The van der Waals surface area contributed by atoms with Crippen LogP contribution in [0.3, 0.4) is 0 Å². The van der Waals surface area contributed by atoms with Gasteiger partial charge in [0.15, 0.2) is 0 Å². The first-order chi connectivity index (χ1) is 3.18. The molecule has 0 aliphatic heterocycles. The monoisotopic (exact) mass is 166 g/mol. The molecule has 2 radical (unpaired) electrons. The van der Waals surface area contributed by atoms with Crippen molar-refractivity contribution in [2.24, 2.45) is 0 Å². The van der Waals surface area contributed by atoms with Crippen molar-refractivity contribution in [3.63, 3.8) is 0 Å². The maximum Gasteiger partial charge on any atom is 0.378 e. The van der Waals surface area contributed by atoms with Gasteiger partial charge in [0, 0.05) is 0 Å². The molecule has 0 aromatic carbocycles. The first kappa shape index (κ1) is 6.94. The van der Waals surface area contributed by atoms with Gasteiger partial charge in [-0.1, -0.05) is 0 Å². The molecule has 0 N–H and O–H groups in total. The fourth-order valence-electron chi connectivity index (χ4n) is 0.0514. The molecule has 0 rings (SSSR count). The van der Waals surface area contributed by atoms with Gasteiger partial charge in [0.25, 0.3) is 0 Å². The molecular weight excluding hydrogens is 166 g/mol. The predicted octanol–water partition coefficient (Wildman–Crippen LogP) is 0.304. The fraction of sp³-hybridized carbons (Fsp3) is 0.500. The Morgan fingerprint density at radius 2 is 2.43 bits per heavy atom. The summed E-state index contributed by atoms with van der Waals surface area (Å²) in [6.45, 7) is 0. The molecule has 0 saturated carbocycles. The van der Waals surface area contributed by atoms with Crippen LogP contribution in [0, 0.1) is 0 Å². The second-order valence-electron chi connectivity index (χ2n) is 0.738. The van der Waals surface area contributed by atoms with Crippen LogP contribution in [0.2, 0.25) is 0 Å². The van der Waals surface area contributed by atoms with Gasteiger partial charge in [-0.25, -0.2) is 9.18 Å². The third-order valence-corrected chi connectivity index (χ3v) is 0.668. The molecule has 1 unspecified atom stereocenters. The third kappa shape index (κ3) is 2.62. The van der Waals surface area contributed by atoms with E-state index in [1.807, 2.05) is 0 Å². The zero-order valence-corrected chi connectivity index (χ0v) is 4.81. The lowest BCUT2D eigenvalue weighted by molar-refractivity contribution is -0.136. The number of hydrogen-bond donors (Lipinski definition) is 0. The zero-order chi connectivity index (χ0) is 5.86. The normalized spacial score (nSPS) is 12.9. The maximum atomic E-state index is 11.5. The second kappa shape index (κ2) is 3.01. The Labute approximate surface area is 49.6 Å². The molecule has 38 valence electrons. The fourth-order valence-corrected chi connectivity index (χ4v) is 0.159. The highest BCUT2D eigenvalue weighted by molar-refractivity contribution is 9.09. The van der Waals surface area contributed by atoms with Crippen molar-refractivity contribution in [3.8, 4) is 0 Å². The molecule has 0 fully saturated rings. The first-order valence-electron chi connectivity index (χ1n) is 1.37. The Morgan fingerprint density at radius 3 is 2.43 bits per heavy atom. The Kier molecular flexibility index (Phi) is 2.99. The lowest BCUT2D eigenvalue weighted by Gasteiger charge is -1.93. The van der Waals surface area contributed by atoms with E-state index < -0.39 is 11.1 Å². The molecule has 0 heterocycles. The molecule has 2 nitrogen and oxygen atoms in total. The highest BCUT2D eigenvalue weighted by atomic mass is 79.9. The van der Waals surface area contributed by atoms with Crippen molar-refractivity contribution < 1.29 is 13.8 Å². The van der Waals surface area contributed by atoms with Gasteiger partial charge in [-0.3, -0.25) is 0 Å². The summed E-state index contributed by atoms with van der Waals surface area (Å²) in [6.07, 6.45) is 0. The first-order valence-corrected chi connectivity index (χ1v) is 2.28. The topological polar surface area (TPSA) is 26.3 Å². The van der Waals surface area contributed by atoms with Crippen molar-refractivity contribution in [3.05, 3.63) is 0 Å². The smallest absolute Gasteiger partial charge is 0.378 e. The van der Waals surface area contributed by atoms with E-state index in [9.17, 15) is 9.18 Å². The van der Waals surface area contributed by atoms with Crippen LogP contribution in [0.5, 0.6) is 0 Å². The van der Waals surface area contributed by atoms with Crippen LogP contribution in [0.4, 0.5) is 4.39 Å². The number of carbonyl (C=O) groups excluding carboxylic acids is 1. The standard InChI is InChI=1S/C2HBBrFO2/c3-7-2(6)1(4)5/h1H. The van der Waals surface area contributed by atoms with E-state index in [4.69, 9.17) is 0 Å². The van der Waals surface area contributed by atoms with Crippen LogP contribution < -0.4 is 0 Å². The summed E-state index contributed by atoms with van der Waals surface area (Å²) >= 11 is 2.28. The molecule has 1 atom stereocenters. The summed E-state index contributed by atoms with van der Waals surface area (Å²) in [6, 6.07) is 0. The van der Waals surface area contributed by atoms with E-state index >= 15 is 0 Å². The highest BCUT2D eigenvalue weighted by Gasteiger charge is 2.10. The molecule has 0 amide bonds. The summed E-state index contributed by atoms with van der Waals surface area (Å²) < 4.78 is 14.9. The van der Waals surface area contributed by atoms with Crippen molar-refractivity contribution in [1.82, 2.24) is 0 Å². The second-order valence-corrected chi connectivity index (χ2v) is 1.54. The van der Waals surface area contributed by atoms with Crippen molar-refractivity contribution in [2.45, 2.75) is 5.08 Å². The number of hydrogen-bond acceptors (Lipinski definition) is 2. The SMILES string of the molecule is [B]OC(=O)C(F)Br. The van der Waals surface area contributed by atoms with E-state index in [1.54, 1.807) is 0 Å². The third-order valence-electron chi connectivity index (χ3n) is 0.294. The highest BCUT2D eigenvalue weighted by Crippen LogP contribution is 2.00. The van der Waals surface area contributed by atoms with Gasteiger partial charge in [-0.15, -0.1) is 0 Å². The predicted molar refractivity (Wildman–Crippen MR) is 25.7 cm³/mol. The minimum atomic E-state index is -1.81. The molecule has 5 heteroatoms. The number of alkyl halides is 2. The van der Waals surface area contributed by atoms with Crippen molar-refractivity contribution in [1.29, 1.82) is 0 Å². The van der Waals surface area contributed by atoms with E-state index in [-0.39, 0.29) is 0 Å². The van der Waals surface area contributed by atoms with Gasteiger partial charge >= 0.3 is 14.0 Å². The molecule has 0 saturated heterocycles. The van der Waals surface area contributed by atoms with E-state index in [0.29, 0.717) is 0 Å². The molecule has 7 heavy (non-hydrogen) atoms. The lowest BCUT2D eigenvalue weighted by atomic mass is 10.6. The van der Waals surface area contributed by atoms with Crippen LogP contribution in [-0.2, 0) is 9.45 Å². The van der Waals surface area contributed by atoms with Crippen LogP contribution in [0.25, 0.3) is 0 Å². The molecule has 0 aliphatic rings. The molecule has 0 aliphatic carbocycles. The van der Waals surface area contributed by atoms with Gasteiger partial charge in [-0.2, -0.15) is 0 Å². The number of halogens is 2. The molecule has 0 bridgehead atoms. The van der Waals surface area contributed by atoms with Gasteiger partial charge in [0.05, 0.1) is 0 Å². The van der Waals surface area contributed by atoms with Crippen molar-refractivity contribution >= 4 is 29.9 Å². The van der Waals surface area contributed by atoms with Gasteiger partial charge < -0.3 is 4.65 Å². The summed E-state index contributed by atoms with van der Waals surface area (Å²) in [7, 11) is 4.25. The summed E-state index contributed by atoms with van der Waals surface area (Å²) in [5.41, 5.74) is 0.